The van der Waals surface area contributed by atoms with Crippen LogP contribution in [-0.4, -0.2) is 67.7 Å². The number of halogens is 1. The predicted molar refractivity (Wildman–Crippen MR) is 140 cm³/mol. The van der Waals surface area contributed by atoms with E-state index in [4.69, 9.17) is 9.47 Å². The molecule has 8 heteroatoms. The molecule has 0 bridgehead atoms. The molecular formula is C28H49IN2O5. The topological polar surface area (TPSA) is 84.9 Å². The summed E-state index contributed by atoms with van der Waals surface area (Å²) in [7, 11) is 2.24. The first-order valence-corrected chi connectivity index (χ1v) is 13.4. The molecule has 0 aromatic heterocycles. The standard InChI is InChI=1S/C28H48N2O5.HI/c1-5-6-7-8-9-10-11-15-19-30(4,21-25-16-13-12-14-17-25)20-18-29-28(33)34-23-26(22-31)35-27(32)24(2)3;/h12-14,16-17,24,26,31H,5-11,15,18-23H2,1-4H3;1H. The Balaban J connectivity index is 0.0000122. The van der Waals surface area contributed by atoms with Crippen LogP contribution in [0.2, 0.25) is 0 Å². The van der Waals surface area contributed by atoms with Crippen LogP contribution in [0.3, 0.4) is 0 Å². The number of amides is 1. The molecule has 0 saturated heterocycles. The highest BCUT2D eigenvalue weighted by molar-refractivity contribution is 5.71. The van der Waals surface area contributed by atoms with Crippen LogP contribution in [0.4, 0.5) is 4.79 Å². The Labute approximate surface area is 235 Å². The van der Waals surface area contributed by atoms with Crippen LogP contribution in [0.15, 0.2) is 30.3 Å². The molecule has 0 radical (unpaired) electrons. The lowest BCUT2D eigenvalue weighted by Gasteiger charge is -2.35. The minimum absolute atomic E-state index is 0. The van der Waals surface area contributed by atoms with Gasteiger partial charge in [-0.2, -0.15) is 0 Å². The van der Waals surface area contributed by atoms with Crippen LogP contribution in [0.5, 0.6) is 0 Å². The first kappa shape index (κ1) is 34.6. The second kappa shape index (κ2) is 20.6. The van der Waals surface area contributed by atoms with E-state index in [9.17, 15) is 14.7 Å². The van der Waals surface area contributed by atoms with Gasteiger partial charge < -0.3 is 48.4 Å². The van der Waals surface area contributed by atoms with E-state index in [1.165, 1.54) is 56.9 Å². The van der Waals surface area contributed by atoms with Crippen LogP contribution in [0.25, 0.3) is 0 Å². The number of alkyl carbamates (subject to hydrolysis) is 1. The number of nitrogens with one attached hydrogen (secondary N) is 1. The van der Waals surface area contributed by atoms with Gasteiger partial charge in [0, 0.05) is 5.56 Å². The number of aliphatic hydroxyl groups excluding tert-OH is 1. The van der Waals surface area contributed by atoms with Gasteiger partial charge in [0.15, 0.2) is 6.10 Å². The summed E-state index contributed by atoms with van der Waals surface area (Å²) in [6.45, 7) is 8.33. The molecule has 1 rings (SSSR count). The number of likely N-dealkylation sites (N-methyl/N-ethyl adjacent to an activating group) is 1. The summed E-state index contributed by atoms with van der Waals surface area (Å²) < 4.78 is 11.1. The molecule has 1 aromatic rings. The number of unbranched alkanes of at least 4 members (excludes halogenated alkanes) is 7. The van der Waals surface area contributed by atoms with Gasteiger partial charge in [-0.1, -0.05) is 89.6 Å². The van der Waals surface area contributed by atoms with Gasteiger partial charge in [0.1, 0.15) is 13.2 Å². The Morgan fingerprint density at radius 1 is 0.972 bits per heavy atom. The summed E-state index contributed by atoms with van der Waals surface area (Å²) in [5, 5.41) is 12.2. The van der Waals surface area contributed by atoms with Crippen LogP contribution >= 0.6 is 0 Å². The molecule has 208 valence electrons. The lowest BCUT2D eigenvalue weighted by atomic mass is 10.1. The zero-order chi connectivity index (χ0) is 25.9. The summed E-state index contributed by atoms with van der Waals surface area (Å²) in [6, 6.07) is 10.5. The minimum atomic E-state index is -0.850. The number of rotatable bonds is 19. The lowest BCUT2D eigenvalue weighted by molar-refractivity contribution is -0.921. The van der Waals surface area contributed by atoms with E-state index in [-0.39, 0.29) is 36.5 Å². The van der Waals surface area contributed by atoms with Crippen molar-refractivity contribution in [2.75, 3.05) is 39.9 Å². The molecule has 0 saturated carbocycles. The fourth-order valence-electron chi connectivity index (χ4n) is 3.99. The molecule has 0 fully saturated rings. The van der Waals surface area contributed by atoms with Crippen molar-refractivity contribution in [3.63, 3.8) is 0 Å². The summed E-state index contributed by atoms with van der Waals surface area (Å²) in [5.41, 5.74) is 1.29. The first-order valence-electron chi connectivity index (χ1n) is 13.4. The van der Waals surface area contributed by atoms with Crippen molar-refractivity contribution in [3.05, 3.63) is 35.9 Å². The highest BCUT2D eigenvalue weighted by Gasteiger charge is 2.23. The molecule has 0 spiro atoms. The average Bonchev–Trinajstić information content (AvgIpc) is 2.83. The molecule has 7 nitrogen and oxygen atoms in total. The average molecular weight is 621 g/mol. The Morgan fingerprint density at radius 2 is 1.58 bits per heavy atom. The zero-order valence-corrected chi connectivity index (χ0v) is 25.0. The van der Waals surface area contributed by atoms with Gasteiger partial charge >= 0.3 is 12.1 Å². The molecule has 0 aliphatic heterocycles. The molecule has 1 aromatic carbocycles. The number of nitrogens with zero attached hydrogens (tertiary/aromatic N) is 1. The number of benzene rings is 1. The summed E-state index contributed by atoms with van der Waals surface area (Å²) in [5.74, 6) is -0.734. The Morgan fingerprint density at radius 3 is 2.17 bits per heavy atom. The maximum absolute atomic E-state index is 12.2. The quantitative estimate of drug-likeness (QED) is 0.107. The number of esters is 1. The molecule has 2 unspecified atom stereocenters. The minimum Gasteiger partial charge on any atom is -1.00 e. The number of carbonyl (C=O) groups excluding carboxylic acids is 2. The molecule has 1 amide bonds. The first-order chi connectivity index (χ1) is 16.8. The number of carbonyl (C=O) groups is 2. The van der Waals surface area contributed by atoms with E-state index in [0.717, 1.165) is 24.1 Å². The van der Waals surface area contributed by atoms with Crippen LogP contribution in [0, 0.1) is 5.92 Å². The van der Waals surface area contributed by atoms with E-state index < -0.39 is 24.8 Å². The van der Waals surface area contributed by atoms with Crippen molar-refractivity contribution >= 4 is 12.1 Å². The van der Waals surface area contributed by atoms with E-state index in [1.54, 1.807) is 13.8 Å². The molecular weight excluding hydrogens is 571 g/mol. The summed E-state index contributed by atoms with van der Waals surface area (Å²) in [6.07, 6.45) is 8.89. The highest BCUT2D eigenvalue weighted by Crippen LogP contribution is 2.15. The number of ether oxygens (including phenoxy) is 2. The van der Waals surface area contributed by atoms with Crippen LogP contribution in [0.1, 0.15) is 77.7 Å². The Bertz CT molecular complexity index is 704. The third kappa shape index (κ3) is 16.4. The third-order valence-electron chi connectivity index (χ3n) is 6.24. The van der Waals surface area contributed by atoms with Gasteiger partial charge in [-0.05, 0) is 12.8 Å². The SMILES string of the molecule is CCCCCCCCCC[N+](C)(CCNC(=O)OCC(CO)OC(=O)C(C)C)Cc1ccccc1.[I-]. The number of quaternary nitrogens is 1. The smallest absolute Gasteiger partial charge is 0.407 e. The molecule has 0 aliphatic carbocycles. The lowest BCUT2D eigenvalue weighted by Crippen LogP contribution is -3.00. The van der Waals surface area contributed by atoms with Gasteiger partial charge in [0.2, 0.25) is 0 Å². The molecule has 2 atom stereocenters. The highest BCUT2D eigenvalue weighted by atomic mass is 127. The van der Waals surface area contributed by atoms with Crippen LogP contribution in [-0.2, 0) is 20.8 Å². The van der Waals surface area contributed by atoms with Crippen molar-refractivity contribution in [2.45, 2.75) is 84.8 Å². The Hall–Kier alpha value is -1.39. The van der Waals surface area contributed by atoms with E-state index >= 15 is 0 Å². The van der Waals surface area contributed by atoms with E-state index in [2.05, 4.69) is 43.6 Å². The van der Waals surface area contributed by atoms with E-state index in [1.807, 2.05) is 6.07 Å². The van der Waals surface area contributed by atoms with Crippen molar-refractivity contribution in [3.8, 4) is 0 Å². The predicted octanol–water partition coefficient (Wildman–Crippen LogP) is 2.06. The third-order valence-corrected chi connectivity index (χ3v) is 6.24. The van der Waals surface area contributed by atoms with Gasteiger partial charge in [-0.3, -0.25) is 4.79 Å². The fourth-order valence-corrected chi connectivity index (χ4v) is 3.99. The fraction of sp³-hybridized carbons (Fsp3) is 0.714. The van der Waals surface area contributed by atoms with Gasteiger partial charge in [0.25, 0.3) is 0 Å². The maximum Gasteiger partial charge on any atom is 0.407 e. The van der Waals surface area contributed by atoms with E-state index in [0.29, 0.717) is 6.54 Å². The normalized spacial score (nSPS) is 13.4. The second-order valence-corrected chi connectivity index (χ2v) is 10.1. The van der Waals surface area contributed by atoms with Crippen molar-refractivity contribution in [1.29, 1.82) is 0 Å². The monoisotopic (exact) mass is 620 g/mol. The van der Waals surface area contributed by atoms with Gasteiger partial charge in [-0.15, -0.1) is 0 Å². The summed E-state index contributed by atoms with van der Waals surface area (Å²) >= 11 is 0. The van der Waals surface area contributed by atoms with Crippen molar-refractivity contribution in [1.82, 2.24) is 5.32 Å². The molecule has 0 aliphatic rings. The maximum atomic E-state index is 12.2. The van der Waals surface area contributed by atoms with Crippen molar-refractivity contribution in [2.24, 2.45) is 5.92 Å². The number of hydrogen-bond acceptors (Lipinski definition) is 5. The Kier molecular flexibility index (Phi) is 19.8. The zero-order valence-electron chi connectivity index (χ0n) is 22.8. The second-order valence-electron chi connectivity index (χ2n) is 10.1. The molecule has 2 N–H and O–H groups in total. The largest absolute Gasteiger partial charge is 1.00 e. The number of hydrogen-bond donors (Lipinski definition) is 2. The van der Waals surface area contributed by atoms with Crippen molar-refractivity contribution < 1.29 is 52.6 Å². The molecule has 36 heavy (non-hydrogen) atoms. The molecule has 0 heterocycles. The number of aliphatic hydroxyl groups is 1. The van der Waals surface area contributed by atoms with Gasteiger partial charge in [-0.25, -0.2) is 4.79 Å². The van der Waals surface area contributed by atoms with Crippen LogP contribution < -0.4 is 29.3 Å². The summed E-state index contributed by atoms with van der Waals surface area (Å²) in [4.78, 5) is 23.9. The van der Waals surface area contributed by atoms with Gasteiger partial charge in [0.05, 0.1) is 39.2 Å².